The molecule has 1 aliphatic rings. The first-order valence-corrected chi connectivity index (χ1v) is 8.64. The molecule has 1 fully saturated rings. The van der Waals surface area contributed by atoms with Gasteiger partial charge < -0.3 is 10.2 Å². The van der Waals surface area contributed by atoms with Gasteiger partial charge in [0.25, 0.3) is 0 Å². The molecule has 1 N–H and O–H groups in total. The standard InChI is InChI=1S/C19H20N6O/c1-24-13-21-18(23-24)15-4-2-5-16(12-15)22-19(26)25-11-3-6-17(25)14-7-9-20-10-8-14/h2,4-5,7-10,12-13,17H,3,6,11H2,1H3,(H,22,26)/t17-/m1/s1. The van der Waals surface area contributed by atoms with Gasteiger partial charge in [-0.2, -0.15) is 5.10 Å². The van der Waals surface area contributed by atoms with Crippen molar-refractivity contribution in [3.05, 3.63) is 60.7 Å². The van der Waals surface area contributed by atoms with Crippen molar-refractivity contribution in [3.63, 3.8) is 0 Å². The molecule has 4 rings (SSSR count). The Labute approximate surface area is 151 Å². The average Bonchev–Trinajstić information content (AvgIpc) is 3.32. The van der Waals surface area contributed by atoms with E-state index in [1.807, 2.05) is 48.3 Å². The lowest BCUT2D eigenvalue weighted by Gasteiger charge is -2.25. The van der Waals surface area contributed by atoms with E-state index >= 15 is 0 Å². The third kappa shape index (κ3) is 3.28. The number of carbonyl (C=O) groups excluding carboxylic acids is 1. The van der Waals surface area contributed by atoms with Crippen molar-refractivity contribution in [2.45, 2.75) is 18.9 Å². The lowest BCUT2D eigenvalue weighted by Crippen LogP contribution is -2.34. The number of pyridine rings is 1. The van der Waals surface area contributed by atoms with Gasteiger partial charge in [0, 0.05) is 37.2 Å². The van der Waals surface area contributed by atoms with Gasteiger partial charge in [0.05, 0.1) is 6.04 Å². The minimum atomic E-state index is -0.0876. The molecule has 0 unspecified atom stereocenters. The van der Waals surface area contributed by atoms with E-state index in [-0.39, 0.29) is 12.1 Å². The summed E-state index contributed by atoms with van der Waals surface area (Å²) in [5.74, 6) is 0.638. The Morgan fingerprint density at radius 1 is 1.23 bits per heavy atom. The zero-order chi connectivity index (χ0) is 17.9. The lowest BCUT2D eigenvalue weighted by molar-refractivity contribution is 0.207. The van der Waals surface area contributed by atoms with Gasteiger partial charge in [0.15, 0.2) is 5.82 Å². The Kier molecular flexibility index (Phi) is 4.35. The van der Waals surface area contributed by atoms with Gasteiger partial charge in [0.1, 0.15) is 6.33 Å². The van der Waals surface area contributed by atoms with Crippen molar-refractivity contribution in [2.75, 3.05) is 11.9 Å². The molecule has 7 heteroatoms. The lowest BCUT2D eigenvalue weighted by atomic mass is 10.1. The number of hydrogen-bond acceptors (Lipinski definition) is 4. The first-order chi connectivity index (χ1) is 12.7. The molecule has 0 aliphatic carbocycles. The first-order valence-electron chi connectivity index (χ1n) is 8.64. The Morgan fingerprint density at radius 3 is 2.85 bits per heavy atom. The molecule has 1 saturated heterocycles. The van der Waals surface area contributed by atoms with Crippen molar-refractivity contribution in [1.82, 2.24) is 24.6 Å². The fourth-order valence-electron chi connectivity index (χ4n) is 3.34. The van der Waals surface area contributed by atoms with Crippen LogP contribution in [0.5, 0.6) is 0 Å². The van der Waals surface area contributed by atoms with E-state index in [1.165, 1.54) is 0 Å². The number of amides is 2. The molecule has 0 spiro atoms. The van der Waals surface area contributed by atoms with Crippen molar-refractivity contribution in [2.24, 2.45) is 7.05 Å². The zero-order valence-corrected chi connectivity index (χ0v) is 14.5. The highest BCUT2D eigenvalue weighted by molar-refractivity contribution is 5.90. The number of likely N-dealkylation sites (tertiary alicyclic amines) is 1. The highest BCUT2D eigenvalue weighted by Gasteiger charge is 2.29. The summed E-state index contributed by atoms with van der Waals surface area (Å²) in [4.78, 5) is 23.0. The third-order valence-electron chi connectivity index (χ3n) is 4.58. The summed E-state index contributed by atoms with van der Waals surface area (Å²) >= 11 is 0. The molecule has 3 aromatic rings. The molecule has 0 radical (unpaired) electrons. The summed E-state index contributed by atoms with van der Waals surface area (Å²) in [7, 11) is 1.83. The first kappa shape index (κ1) is 16.3. The maximum absolute atomic E-state index is 12.8. The Balaban J connectivity index is 1.51. The number of carbonyl (C=O) groups is 1. The van der Waals surface area contributed by atoms with Crippen molar-refractivity contribution in [3.8, 4) is 11.4 Å². The van der Waals surface area contributed by atoms with Crippen molar-refractivity contribution in [1.29, 1.82) is 0 Å². The van der Waals surface area contributed by atoms with E-state index in [0.717, 1.165) is 36.2 Å². The number of rotatable bonds is 3. The predicted octanol–water partition coefficient (Wildman–Crippen LogP) is 3.25. The number of nitrogens with zero attached hydrogens (tertiary/aromatic N) is 5. The van der Waals surface area contributed by atoms with Gasteiger partial charge in [-0.05, 0) is 42.7 Å². The fourth-order valence-corrected chi connectivity index (χ4v) is 3.34. The quantitative estimate of drug-likeness (QED) is 0.788. The summed E-state index contributed by atoms with van der Waals surface area (Å²) in [6, 6.07) is 11.6. The summed E-state index contributed by atoms with van der Waals surface area (Å²) in [6.45, 7) is 0.750. The van der Waals surface area contributed by atoms with Crippen LogP contribution in [0.1, 0.15) is 24.4 Å². The number of anilines is 1. The highest BCUT2D eigenvalue weighted by Crippen LogP contribution is 2.32. The molecule has 1 aromatic carbocycles. The monoisotopic (exact) mass is 348 g/mol. The normalized spacial score (nSPS) is 16.7. The molecule has 2 aromatic heterocycles. The van der Waals surface area contributed by atoms with E-state index in [9.17, 15) is 4.79 Å². The number of hydrogen-bond donors (Lipinski definition) is 1. The van der Waals surface area contributed by atoms with Gasteiger partial charge >= 0.3 is 6.03 Å². The molecular formula is C19H20N6O. The second-order valence-electron chi connectivity index (χ2n) is 6.38. The molecule has 1 atom stereocenters. The number of aryl methyl sites for hydroxylation is 1. The molecule has 2 amide bonds. The molecule has 1 aliphatic heterocycles. The Hall–Kier alpha value is -3.22. The molecule has 7 nitrogen and oxygen atoms in total. The maximum Gasteiger partial charge on any atom is 0.322 e. The predicted molar refractivity (Wildman–Crippen MR) is 98.4 cm³/mol. The average molecular weight is 348 g/mol. The Bertz CT molecular complexity index is 907. The van der Waals surface area contributed by atoms with Crippen LogP contribution in [0.3, 0.4) is 0 Å². The van der Waals surface area contributed by atoms with Crippen LogP contribution >= 0.6 is 0 Å². The molecule has 132 valence electrons. The second kappa shape index (κ2) is 6.95. The SMILES string of the molecule is Cn1cnc(-c2cccc(NC(=O)N3CCC[C@@H]3c3ccncc3)c2)n1. The largest absolute Gasteiger partial charge is 0.322 e. The zero-order valence-electron chi connectivity index (χ0n) is 14.5. The van der Waals surface area contributed by atoms with Gasteiger partial charge in [-0.25, -0.2) is 9.78 Å². The summed E-state index contributed by atoms with van der Waals surface area (Å²) in [5, 5.41) is 7.32. The fraction of sp³-hybridized carbons (Fsp3) is 0.263. The summed E-state index contributed by atoms with van der Waals surface area (Å²) in [6.07, 6.45) is 7.16. The van der Waals surface area contributed by atoms with Gasteiger partial charge in [-0.15, -0.1) is 0 Å². The van der Waals surface area contributed by atoms with Crippen LogP contribution in [-0.2, 0) is 7.05 Å². The van der Waals surface area contributed by atoms with E-state index < -0.39 is 0 Å². The minimum Gasteiger partial charge on any atom is -0.317 e. The van der Waals surface area contributed by atoms with Crippen LogP contribution in [0.4, 0.5) is 10.5 Å². The summed E-state index contributed by atoms with van der Waals surface area (Å²) in [5.41, 5.74) is 2.73. The number of urea groups is 1. The van der Waals surface area contributed by atoms with E-state index in [4.69, 9.17) is 0 Å². The molecular weight excluding hydrogens is 328 g/mol. The van der Waals surface area contributed by atoms with E-state index in [0.29, 0.717) is 5.82 Å². The van der Waals surface area contributed by atoms with Crippen molar-refractivity contribution < 1.29 is 4.79 Å². The number of benzene rings is 1. The van der Waals surface area contributed by atoms with Crippen LogP contribution in [-0.4, -0.2) is 37.2 Å². The van der Waals surface area contributed by atoms with Crippen LogP contribution in [0, 0.1) is 0 Å². The number of aromatic nitrogens is 4. The molecule has 0 bridgehead atoms. The Morgan fingerprint density at radius 2 is 2.08 bits per heavy atom. The number of nitrogens with one attached hydrogen (secondary N) is 1. The summed E-state index contributed by atoms with van der Waals surface area (Å²) < 4.78 is 1.66. The third-order valence-corrected chi connectivity index (χ3v) is 4.58. The van der Waals surface area contributed by atoms with Crippen molar-refractivity contribution >= 4 is 11.7 Å². The molecule has 3 heterocycles. The maximum atomic E-state index is 12.8. The van der Waals surface area contributed by atoms with Crippen LogP contribution in [0.25, 0.3) is 11.4 Å². The second-order valence-corrected chi connectivity index (χ2v) is 6.38. The minimum absolute atomic E-state index is 0.0876. The smallest absolute Gasteiger partial charge is 0.317 e. The van der Waals surface area contributed by atoms with Gasteiger partial charge in [-0.1, -0.05) is 12.1 Å². The van der Waals surface area contributed by atoms with Crippen LogP contribution < -0.4 is 5.32 Å². The van der Waals surface area contributed by atoms with E-state index in [2.05, 4.69) is 20.4 Å². The van der Waals surface area contributed by atoms with Gasteiger partial charge in [-0.3, -0.25) is 9.67 Å². The van der Waals surface area contributed by atoms with Crippen LogP contribution in [0.15, 0.2) is 55.1 Å². The topological polar surface area (TPSA) is 75.9 Å². The molecule has 0 saturated carbocycles. The van der Waals surface area contributed by atoms with Gasteiger partial charge in [0.2, 0.25) is 0 Å². The highest BCUT2D eigenvalue weighted by atomic mass is 16.2. The van der Waals surface area contributed by atoms with Crippen LogP contribution in [0.2, 0.25) is 0 Å². The molecule has 26 heavy (non-hydrogen) atoms. The van der Waals surface area contributed by atoms with E-state index in [1.54, 1.807) is 23.4 Å².